The molecule has 2 nitrogen and oxygen atoms in total. The summed E-state index contributed by atoms with van der Waals surface area (Å²) in [4.78, 5) is 0. The molecular formula is C15H23NO. The lowest BCUT2D eigenvalue weighted by Gasteiger charge is -2.23. The number of nitrogens with one attached hydrogen (secondary N) is 1. The van der Waals surface area contributed by atoms with Crippen LogP contribution in [0.4, 0.5) is 0 Å². The molecule has 0 amide bonds. The van der Waals surface area contributed by atoms with Gasteiger partial charge in [0.25, 0.3) is 0 Å². The molecule has 0 aliphatic carbocycles. The normalized spacial score (nSPS) is 20.4. The number of piperidine rings is 1. The van der Waals surface area contributed by atoms with Gasteiger partial charge in [-0.15, -0.1) is 0 Å². The van der Waals surface area contributed by atoms with Crippen molar-refractivity contribution in [3.63, 3.8) is 0 Å². The average molecular weight is 233 g/mol. The lowest BCUT2D eigenvalue weighted by atomic mass is 10.0. The van der Waals surface area contributed by atoms with Gasteiger partial charge >= 0.3 is 0 Å². The van der Waals surface area contributed by atoms with Crippen molar-refractivity contribution in [2.45, 2.75) is 45.3 Å². The summed E-state index contributed by atoms with van der Waals surface area (Å²) in [6.07, 6.45) is 5.16. The third-order valence-corrected chi connectivity index (χ3v) is 3.54. The summed E-state index contributed by atoms with van der Waals surface area (Å²) in [6.45, 7) is 4.94. The van der Waals surface area contributed by atoms with Crippen LogP contribution in [0, 0.1) is 6.92 Å². The summed E-state index contributed by atoms with van der Waals surface area (Å²) in [5, 5.41) is 3.55. The van der Waals surface area contributed by atoms with Crippen molar-refractivity contribution in [1.29, 1.82) is 0 Å². The van der Waals surface area contributed by atoms with Crippen LogP contribution in [0.15, 0.2) is 24.3 Å². The van der Waals surface area contributed by atoms with Gasteiger partial charge in [0.15, 0.2) is 0 Å². The van der Waals surface area contributed by atoms with Crippen molar-refractivity contribution >= 4 is 0 Å². The maximum atomic E-state index is 5.76. The van der Waals surface area contributed by atoms with Gasteiger partial charge in [-0.2, -0.15) is 0 Å². The van der Waals surface area contributed by atoms with Gasteiger partial charge in [0.1, 0.15) is 0 Å². The maximum Gasteiger partial charge on any atom is 0.0719 e. The van der Waals surface area contributed by atoms with E-state index in [0.29, 0.717) is 6.04 Å². The Labute approximate surface area is 104 Å². The number of hydrogen-bond acceptors (Lipinski definition) is 2. The van der Waals surface area contributed by atoms with Crippen LogP contribution >= 0.6 is 0 Å². The molecule has 0 saturated carbocycles. The largest absolute Gasteiger partial charge is 0.377 e. The highest BCUT2D eigenvalue weighted by atomic mass is 16.5. The monoisotopic (exact) mass is 233 g/mol. The highest BCUT2D eigenvalue weighted by Crippen LogP contribution is 2.12. The molecule has 1 aromatic rings. The van der Waals surface area contributed by atoms with Crippen LogP contribution in [0.3, 0.4) is 0 Å². The van der Waals surface area contributed by atoms with Crippen molar-refractivity contribution in [3.8, 4) is 0 Å². The fourth-order valence-electron chi connectivity index (χ4n) is 2.35. The van der Waals surface area contributed by atoms with Crippen molar-refractivity contribution in [2.24, 2.45) is 0 Å². The van der Waals surface area contributed by atoms with E-state index >= 15 is 0 Å². The number of benzene rings is 1. The minimum Gasteiger partial charge on any atom is -0.377 e. The minimum absolute atomic E-state index is 0.681. The molecule has 0 bridgehead atoms. The third kappa shape index (κ3) is 4.14. The first-order valence-corrected chi connectivity index (χ1v) is 6.72. The van der Waals surface area contributed by atoms with Crippen LogP contribution in [0.25, 0.3) is 0 Å². The molecule has 0 unspecified atom stereocenters. The second-order valence-corrected chi connectivity index (χ2v) is 4.91. The van der Waals surface area contributed by atoms with Crippen LogP contribution in [0.2, 0.25) is 0 Å². The first-order valence-electron chi connectivity index (χ1n) is 6.72. The lowest BCUT2D eigenvalue weighted by Crippen LogP contribution is -2.34. The molecular weight excluding hydrogens is 210 g/mol. The predicted octanol–water partition coefficient (Wildman–Crippen LogP) is 3.04. The first kappa shape index (κ1) is 12.6. The zero-order chi connectivity index (χ0) is 11.9. The number of aryl methyl sites for hydroxylation is 1. The van der Waals surface area contributed by atoms with Crippen LogP contribution in [-0.2, 0) is 11.3 Å². The van der Waals surface area contributed by atoms with Crippen molar-refractivity contribution in [3.05, 3.63) is 35.4 Å². The smallest absolute Gasteiger partial charge is 0.0719 e. The number of rotatable bonds is 5. The fourth-order valence-corrected chi connectivity index (χ4v) is 2.35. The minimum atomic E-state index is 0.681. The van der Waals surface area contributed by atoms with Gasteiger partial charge in [-0.3, -0.25) is 0 Å². The molecule has 1 N–H and O–H groups in total. The second-order valence-electron chi connectivity index (χ2n) is 4.91. The second kappa shape index (κ2) is 6.77. The van der Waals surface area contributed by atoms with Gasteiger partial charge in [0, 0.05) is 12.6 Å². The van der Waals surface area contributed by atoms with Crippen LogP contribution < -0.4 is 5.32 Å². The molecule has 1 fully saturated rings. The molecule has 1 aliphatic heterocycles. The van der Waals surface area contributed by atoms with Crippen LogP contribution in [0.1, 0.15) is 36.8 Å². The Morgan fingerprint density at radius 2 is 2.18 bits per heavy atom. The summed E-state index contributed by atoms with van der Waals surface area (Å²) in [5.74, 6) is 0. The van der Waals surface area contributed by atoms with Crippen molar-refractivity contribution < 1.29 is 4.74 Å². The van der Waals surface area contributed by atoms with E-state index in [1.807, 2.05) is 0 Å². The summed E-state index contributed by atoms with van der Waals surface area (Å²) in [5.41, 5.74) is 2.63. The van der Waals surface area contributed by atoms with E-state index in [1.54, 1.807) is 0 Å². The van der Waals surface area contributed by atoms with Gasteiger partial charge in [-0.05, 0) is 43.9 Å². The number of ether oxygens (including phenoxy) is 1. The van der Waals surface area contributed by atoms with Gasteiger partial charge < -0.3 is 10.1 Å². The Hall–Kier alpha value is -0.860. The Morgan fingerprint density at radius 3 is 2.94 bits per heavy atom. The molecule has 2 rings (SSSR count). The number of hydrogen-bond donors (Lipinski definition) is 1. The third-order valence-electron chi connectivity index (χ3n) is 3.54. The van der Waals surface area contributed by atoms with E-state index < -0.39 is 0 Å². The van der Waals surface area contributed by atoms with Gasteiger partial charge in [-0.25, -0.2) is 0 Å². The van der Waals surface area contributed by atoms with Crippen LogP contribution in [0.5, 0.6) is 0 Å². The molecule has 1 aromatic carbocycles. The van der Waals surface area contributed by atoms with E-state index in [2.05, 4.69) is 36.5 Å². The van der Waals surface area contributed by atoms with Gasteiger partial charge in [0.05, 0.1) is 6.61 Å². The summed E-state index contributed by atoms with van der Waals surface area (Å²) >= 11 is 0. The van der Waals surface area contributed by atoms with E-state index in [9.17, 15) is 0 Å². The molecule has 0 aromatic heterocycles. The first-order chi connectivity index (χ1) is 8.36. The zero-order valence-electron chi connectivity index (χ0n) is 10.7. The van der Waals surface area contributed by atoms with Crippen molar-refractivity contribution in [1.82, 2.24) is 5.32 Å². The molecule has 1 saturated heterocycles. The summed E-state index contributed by atoms with van der Waals surface area (Å²) in [7, 11) is 0. The van der Waals surface area contributed by atoms with E-state index in [0.717, 1.165) is 19.6 Å². The fraction of sp³-hybridized carbons (Fsp3) is 0.600. The Bertz CT molecular complexity index is 331. The lowest BCUT2D eigenvalue weighted by molar-refractivity contribution is 0.108. The topological polar surface area (TPSA) is 21.3 Å². The van der Waals surface area contributed by atoms with E-state index in [4.69, 9.17) is 4.74 Å². The van der Waals surface area contributed by atoms with Gasteiger partial charge in [-0.1, -0.05) is 30.7 Å². The summed E-state index contributed by atoms with van der Waals surface area (Å²) in [6, 6.07) is 9.12. The highest BCUT2D eigenvalue weighted by Gasteiger charge is 2.11. The Balaban J connectivity index is 1.64. The maximum absolute atomic E-state index is 5.76. The molecule has 17 heavy (non-hydrogen) atoms. The Kier molecular flexibility index (Phi) is 5.02. The van der Waals surface area contributed by atoms with Gasteiger partial charge in [0.2, 0.25) is 0 Å². The molecule has 0 spiro atoms. The molecule has 0 radical (unpaired) electrons. The molecule has 2 heteroatoms. The van der Waals surface area contributed by atoms with E-state index in [-0.39, 0.29) is 0 Å². The average Bonchev–Trinajstić information content (AvgIpc) is 2.38. The zero-order valence-corrected chi connectivity index (χ0v) is 10.7. The standard InChI is InChI=1S/C15H23NO/c1-13-6-2-3-7-14(13)12-17-11-9-15-8-4-5-10-16-15/h2-3,6-7,15-16H,4-5,8-12H2,1H3/t15-/m1/s1. The Morgan fingerprint density at radius 1 is 1.29 bits per heavy atom. The molecule has 94 valence electrons. The molecule has 1 atom stereocenters. The molecule has 1 heterocycles. The quantitative estimate of drug-likeness (QED) is 0.789. The highest BCUT2D eigenvalue weighted by molar-refractivity contribution is 5.24. The van der Waals surface area contributed by atoms with E-state index in [1.165, 1.54) is 36.9 Å². The summed E-state index contributed by atoms with van der Waals surface area (Å²) < 4.78 is 5.76. The van der Waals surface area contributed by atoms with Crippen LogP contribution in [-0.4, -0.2) is 19.2 Å². The molecule has 1 aliphatic rings. The SMILES string of the molecule is Cc1ccccc1COCC[C@H]1CCCCN1. The van der Waals surface area contributed by atoms with Crippen molar-refractivity contribution in [2.75, 3.05) is 13.2 Å². The predicted molar refractivity (Wildman–Crippen MR) is 71.1 cm³/mol.